The van der Waals surface area contributed by atoms with E-state index in [9.17, 15) is 9.90 Å². The minimum absolute atomic E-state index is 0.473. The van der Waals surface area contributed by atoms with Gasteiger partial charge in [0.15, 0.2) is 0 Å². The second-order valence-electron chi connectivity index (χ2n) is 4.54. The van der Waals surface area contributed by atoms with E-state index in [4.69, 9.17) is 16.3 Å². The van der Waals surface area contributed by atoms with Crippen LogP contribution in [0.25, 0.3) is 0 Å². The van der Waals surface area contributed by atoms with Crippen LogP contribution in [0.3, 0.4) is 0 Å². The highest BCUT2D eigenvalue weighted by atomic mass is 35.5. The molecular formula is C13H15ClO3. The van der Waals surface area contributed by atoms with Crippen molar-refractivity contribution in [3.05, 3.63) is 28.3 Å². The van der Waals surface area contributed by atoms with Crippen molar-refractivity contribution in [2.45, 2.75) is 31.6 Å². The molecule has 17 heavy (non-hydrogen) atoms. The number of carbonyl (C=O) groups is 1. The molecule has 0 heterocycles. The average molecular weight is 255 g/mol. The van der Waals surface area contributed by atoms with Crippen LogP contribution in [0.1, 0.15) is 30.4 Å². The summed E-state index contributed by atoms with van der Waals surface area (Å²) >= 11 is 6.08. The Kier molecular flexibility index (Phi) is 3.04. The second-order valence-corrected chi connectivity index (χ2v) is 4.95. The first-order valence-corrected chi connectivity index (χ1v) is 5.97. The SMILES string of the molecule is COc1cc(C)c(C2(C(=O)O)CCC2)cc1Cl. The molecule has 0 saturated heterocycles. The molecule has 3 nitrogen and oxygen atoms in total. The lowest BCUT2D eigenvalue weighted by Gasteiger charge is -2.39. The lowest BCUT2D eigenvalue weighted by molar-refractivity contribution is -0.147. The minimum Gasteiger partial charge on any atom is -0.495 e. The summed E-state index contributed by atoms with van der Waals surface area (Å²) in [6, 6.07) is 3.55. The van der Waals surface area contributed by atoms with Gasteiger partial charge in [0.25, 0.3) is 0 Å². The Labute approximate surface area is 105 Å². The summed E-state index contributed by atoms with van der Waals surface area (Å²) in [7, 11) is 1.55. The summed E-state index contributed by atoms with van der Waals surface area (Å²) in [5.74, 6) is -0.166. The molecule has 1 aromatic rings. The first kappa shape index (κ1) is 12.2. The molecule has 1 saturated carbocycles. The number of hydrogen-bond acceptors (Lipinski definition) is 2. The van der Waals surface area contributed by atoms with Gasteiger partial charge >= 0.3 is 5.97 Å². The van der Waals surface area contributed by atoms with Crippen LogP contribution in [0.2, 0.25) is 5.02 Å². The number of benzene rings is 1. The number of ether oxygens (including phenoxy) is 1. The van der Waals surface area contributed by atoms with E-state index in [2.05, 4.69) is 0 Å². The molecule has 0 bridgehead atoms. The summed E-state index contributed by atoms with van der Waals surface area (Å²) < 4.78 is 5.13. The monoisotopic (exact) mass is 254 g/mol. The molecule has 4 heteroatoms. The zero-order chi connectivity index (χ0) is 12.6. The molecule has 2 rings (SSSR count). The largest absolute Gasteiger partial charge is 0.495 e. The molecule has 0 amide bonds. The fourth-order valence-electron chi connectivity index (χ4n) is 2.46. The maximum Gasteiger partial charge on any atom is 0.314 e. The summed E-state index contributed by atoms with van der Waals surface area (Å²) in [5, 5.41) is 9.88. The molecule has 0 spiro atoms. The Morgan fingerprint density at radius 2 is 2.12 bits per heavy atom. The lowest BCUT2D eigenvalue weighted by Crippen LogP contribution is -2.42. The van der Waals surface area contributed by atoms with E-state index in [0.717, 1.165) is 17.5 Å². The van der Waals surface area contributed by atoms with Crippen molar-refractivity contribution in [1.82, 2.24) is 0 Å². The van der Waals surface area contributed by atoms with E-state index < -0.39 is 11.4 Å². The predicted molar refractivity (Wildman–Crippen MR) is 65.9 cm³/mol. The number of aryl methyl sites for hydroxylation is 1. The lowest BCUT2D eigenvalue weighted by atomic mass is 9.63. The predicted octanol–water partition coefficient (Wildman–Crippen LogP) is 3.16. The molecule has 0 atom stereocenters. The van der Waals surface area contributed by atoms with Gasteiger partial charge in [0, 0.05) is 0 Å². The van der Waals surface area contributed by atoms with Crippen molar-refractivity contribution in [2.75, 3.05) is 7.11 Å². The molecule has 1 aliphatic rings. The maximum absolute atomic E-state index is 11.4. The van der Waals surface area contributed by atoms with Gasteiger partial charge in [-0.1, -0.05) is 18.0 Å². The Bertz CT molecular complexity index is 464. The summed E-state index contributed by atoms with van der Waals surface area (Å²) in [5.41, 5.74) is 1.01. The molecule has 1 fully saturated rings. The van der Waals surface area contributed by atoms with Gasteiger partial charge in [-0.05, 0) is 43.0 Å². The number of hydrogen-bond donors (Lipinski definition) is 1. The van der Waals surface area contributed by atoms with E-state index in [1.54, 1.807) is 19.2 Å². The van der Waals surface area contributed by atoms with Crippen molar-refractivity contribution >= 4 is 17.6 Å². The van der Waals surface area contributed by atoms with Crippen LogP contribution in [0, 0.1) is 6.92 Å². The summed E-state index contributed by atoms with van der Waals surface area (Å²) in [4.78, 5) is 11.4. The quantitative estimate of drug-likeness (QED) is 0.901. The second kappa shape index (κ2) is 4.22. The zero-order valence-corrected chi connectivity index (χ0v) is 10.7. The smallest absolute Gasteiger partial charge is 0.314 e. The number of rotatable bonds is 3. The molecule has 0 aliphatic heterocycles. The van der Waals surface area contributed by atoms with Gasteiger partial charge in [-0.3, -0.25) is 4.79 Å². The third kappa shape index (κ3) is 1.78. The van der Waals surface area contributed by atoms with Gasteiger partial charge in [0.1, 0.15) is 5.75 Å². The van der Waals surface area contributed by atoms with Gasteiger partial charge in [-0.15, -0.1) is 0 Å². The molecule has 1 aromatic carbocycles. The summed E-state index contributed by atoms with van der Waals surface area (Å²) in [6.07, 6.45) is 2.33. The van der Waals surface area contributed by atoms with E-state index >= 15 is 0 Å². The molecule has 92 valence electrons. The van der Waals surface area contributed by atoms with Crippen LogP contribution in [0.4, 0.5) is 0 Å². The number of aliphatic carboxylic acids is 1. The van der Waals surface area contributed by atoms with Crippen LogP contribution in [0.15, 0.2) is 12.1 Å². The van der Waals surface area contributed by atoms with Crippen molar-refractivity contribution in [3.8, 4) is 5.75 Å². The van der Waals surface area contributed by atoms with E-state index in [1.165, 1.54) is 0 Å². The summed E-state index contributed by atoms with van der Waals surface area (Å²) in [6.45, 7) is 1.90. The Morgan fingerprint density at radius 3 is 2.53 bits per heavy atom. The number of methoxy groups -OCH3 is 1. The van der Waals surface area contributed by atoms with Crippen LogP contribution in [0.5, 0.6) is 5.75 Å². The molecule has 0 radical (unpaired) electrons. The fraction of sp³-hybridized carbons (Fsp3) is 0.462. The number of carboxylic acids is 1. The van der Waals surface area contributed by atoms with E-state index in [0.29, 0.717) is 23.6 Å². The van der Waals surface area contributed by atoms with Crippen LogP contribution < -0.4 is 4.74 Å². The highest BCUT2D eigenvalue weighted by Crippen LogP contribution is 2.47. The standard InChI is InChI=1S/C13H15ClO3/c1-8-6-11(17-2)10(14)7-9(8)13(12(15)16)4-3-5-13/h6-7H,3-5H2,1-2H3,(H,15,16). The third-order valence-electron chi connectivity index (χ3n) is 3.63. The van der Waals surface area contributed by atoms with Gasteiger partial charge < -0.3 is 9.84 Å². The Morgan fingerprint density at radius 1 is 1.47 bits per heavy atom. The minimum atomic E-state index is -0.756. The fourth-order valence-corrected chi connectivity index (χ4v) is 2.70. The van der Waals surface area contributed by atoms with Crippen molar-refractivity contribution in [3.63, 3.8) is 0 Å². The van der Waals surface area contributed by atoms with Gasteiger partial charge in [0.05, 0.1) is 17.5 Å². The first-order chi connectivity index (χ1) is 8.01. The number of halogens is 1. The van der Waals surface area contributed by atoms with Crippen molar-refractivity contribution < 1.29 is 14.6 Å². The van der Waals surface area contributed by atoms with E-state index in [1.807, 2.05) is 6.92 Å². The van der Waals surface area contributed by atoms with Gasteiger partial charge in [0.2, 0.25) is 0 Å². The molecule has 1 aliphatic carbocycles. The van der Waals surface area contributed by atoms with Gasteiger partial charge in [-0.25, -0.2) is 0 Å². The van der Waals surface area contributed by atoms with Gasteiger partial charge in [-0.2, -0.15) is 0 Å². The topological polar surface area (TPSA) is 46.5 Å². The molecule has 1 N–H and O–H groups in total. The molecule has 0 aromatic heterocycles. The van der Waals surface area contributed by atoms with Crippen LogP contribution in [-0.2, 0) is 10.2 Å². The number of carboxylic acid groups (broad SMARTS) is 1. The highest BCUT2D eigenvalue weighted by molar-refractivity contribution is 6.32. The third-order valence-corrected chi connectivity index (χ3v) is 3.93. The van der Waals surface area contributed by atoms with Crippen molar-refractivity contribution in [2.24, 2.45) is 0 Å². The average Bonchev–Trinajstić information content (AvgIpc) is 2.20. The molecule has 0 unspecified atom stereocenters. The van der Waals surface area contributed by atoms with E-state index in [-0.39, 0.29) is 0 Å². The first-order valence-electron chi connectivity index (χ1n) is 5.59. The van der Waals surface area contributed by atoms with Crippen molar-refractivity contribution in [1.29, 1.82) is 0 Å². The Hall–Kier alpha value is -1.22. The Balaban J connectivity index is 2.52. The van der Waals surface area contributed by atoms with Crippen LogP contribution in [-0.4, -0.2) is 18.2 Å². The highest BCUT2D eigenvalue weighted by Gasteiger charge is 2.46. The normalized spacial score (nSPS) is 17.4. The zero-order valence-electron chi connectivity index (χ0n) is 9.92. The molecular weight excluding hydrogens is 240 g/mol. The maximum atomic E-state index is 11.4. The van der Waals surface area contributed by atoms with Crippen LogP contribution >= 0.6 is 11.6 Å².